The molecule has 170 valence electrons. The van der Waals surface area contributed by atoms with Crippen molar-refractivity contribution < 1.29 is 27.9 Å². The number of rotatable bonds is 7. The first-order valence-electron chi connectivity index (χ1n) is 10.2. The molecule has 0 radical (unpaired) electrons. The minimum atomic E-state index is -4.38. The summed E-state index contributed by atoms with van der Waals surface area (Å²) in [5.41, 5.74) is 0.313. The number of carbonyl (C=O) groups is 2. The third-order valence-corrected chi connectivity index (χ3v) is 5.18. The second-order valence-electron chi connectivity index (χ2n) is 7.45. The number of carbonyl (C=O) groups excluding carboxylic acids is 1. The lowest BCUT2D eigenvalue weighted by Gasteiger charge is -2.36. The predicted molar refractivity (Wildman–Crippen MR) is 115 cm³/mol. The van der Waals surface area contributed by atoms with Gasteiger partial charge < -0.3 is 15.3 Å². The highest BCUT2D eigenvalue weighted by Crippen LogP contribution is 2.31. The Balaban J connectivity index is 1.49. The van der Waals surface area contributed by atoms with Crippen molar-refractivity contribution in [3.63, 3.8) is 0 Å². The Morgan fingerprint density at radius 3 is 2.31 bits per heavy atom. The summed E-state index contributed by atoms with van der Waals surface area (Å²) < 4.78 is 38.8. The number of hydrogen-bond donors (Lipinski definition) is 2. The number of nitrogens with one attached hydrogen (secondary N) is 1. The average Bonchev–Trinajstić information content (AvgIpc) is 2.78. The van der Waals surface area contributed by atoms with Crippen LogP contribution in [0.4, 0.5) is 18.9 Å². The Labute approximate surface area is 183 Å². The Kier molecular flexibility index (Phi) is 7.53. The standard InChI is InChI=1S/C23H24F3N3O3/c24-23(25,26)18-7-4-8-19(16-18)29-13-11-28(12-14-29)10-9-21(30)27-20(22(31)32)15-17-5-2-1-3-6-17/h1-8,15-16H,9-14H2,(H,27,30)(H,31,32). The topological polar surface area (TPSA) is 72.9 Å². The van der Waals surface area contributed by atoms with Crippen molar-refractivity contribution in [3.05, 3.63) is 71.4 Å². The summed E-state index contributed by atoms with van der Waals surface area (Å²) in [5, 5.41) is 11.8. The van der Waals surface area contributed by atoms with Gasteiger partial charge in [-0.05, 0) is 29.8 Å². The monoisotopic (exact) mass is 447 g/mol. The van der Waals surface area contributed by atoms with Gasteiger partial charge in [-0.3, -0.25) is 9.69 Å². The number of hydrogen-bond acceptors (Lipinski definition) is 4. The van der Waals surface area contributed by atoms with Crippen LogP contribution < -0.4 is 10.2 Å². The second-order valence-corrected chi connectivity index (χ2v) is 7.45. The maximum atomic E-state index is 12.9. The lowest BCUT2D eigenvalue weighted by Crippen LogP contribution is -2.47. The zero-order chi connectivity index (χ0) is 23.1. The minimum absolute atomic E-state index is 0.114. The van der Waals surface area contributed by atoms with E-state index in [2.05, 4.69) is 5.32 Å². The van der Waals surface area contributed by atoms with Gasteiger partial charge in [0, 0.05) is 44.8 Å². The fourth-order valence-electron chi connectivity index (χ4n) is 3.45. The Bertz CT molecular complexity index is 969. The van der Waals surface area contributed by atoms with Crippen LogP contribution in [0.3, 0.4) is 0 Å². The highest BCUT2D eigenvalue weighted by molar-refractivity contribution is 5.96. The van der Waals surface area contributed by atoms with Gasteiger partial charge in [-0.1, -0.05) is 36.4 Å². The molecule has 32 heavy (non-hydrogen) atoms. The highest BCUT2D eigenvalue weighted by atomic mass is 19.4. The molecule has 1 fully saturated rings. The van der Waals surface area contributed by atoms with Crippen molar-refractivity contribution in [2.24, 2.45) is 0 Å². The molecule has 1 amide bonds. The molecule has 2 aromatic rings. The SMILES string of the molecule is O=C(CCN1CCN(c2cccc(C(F)(F)F)c2)CC1)NC(=Cc1ccccc1)C(=O)O. The number of alkyl halides is 3. The van der Waals surface area contributed by atoms with E-state index in [1.807, 2.05) is 15.9 Å². The fraction of sp³-hybridized carbons (Fsp3) is 0.304. The third-order valence-electron chi connectivity index (χ3n) is 5.18. The first-order chi connectivity index (χ1) is 15.2. The van der Waals surface area contributed by atoms with Gasteiger partial charge in [0.05, 0.1) is 5.56 Å². The van der Waals surface area contributed by atoms with E-state index in [4.69, 9.17) is 0 Å². The maximum Gasteiger partial charge on any atom is 0.416 e. The van der Waals surface area contributed by atoms with Crippen LogP contribution in [0, 0.1) is 0 Å². The summed E-state index contributed by atoms with van der Waals surface area (Å²) in [6.45, 7) is 2.69. The lowest BCUT2D eigenvalue weighted by molar-refractivity contribution is -0.137. The van der Waals surface area contributed by atoms with Crippen molar-refractivity contribution in [1.29, 1.82) is 0 Å². The third kappa shape index (κ3) is 6.58. The van der Waals surface area contributed by atoms with Crippen LogP contribution >= 0.6 is 0 Å². The molecule has 6 nitrogen and oxygen atoms in total. The molecule has 2 N–H and O–H groups in total. The molecule has 1 heterocycles. The van der Waals surface area contributed by atoms with E-state index in [1.54, 1.807) is 30.3 Å². The van der Waals surface area contributed by atoms with E-state index in [0.29, 0.717) is 44.0 Å². The van der Waals surface area contributed by atoms with Crippen molar-refractivity contribution in [2.45, 2.75) is 12.6 Å². The summed E-state index contributed by atoms with van der Waals surface area (Å²) in [6.07, 6.45) is -2.87. The summed E-state index contributed by atoms with van der Waals surface area (Å²) in [4.78, 5) is 27.6. The molecule has 3 rings (SSSR count). The van der Waals surface area contributed by atoms with Crippen LogP contribution in [0.25, 0.3) is 6.08 Å². The summed E-state index contributed by atoms with van der Waals surface area (Å²) in [5.74, 6) is -1.63. The molecule has 0 aliphatic carbocycles. The van der Waals surface area contributed by atoms with Gasteiger partial charge in [0.1, 0.15) is 5.70 Å². The van der Waals surface area contributed by atoms with Crippen LogP contribution in [-0.2, 0) is 15.8 Å². The van der Waals surface area contributed by atoms with E-state index in [-0.39, 0.29) is 12.1 Å². The average molecular weight is 447 g/mol. The number of amides is 1. The van der Waals surface area contributed by atoms with E-state index in [9.17, 15) is 27.9 Å². The van der Waals surface area contributed by atoms with E-state index < -0.39 is 23.6 Å². The number of carboxylic acids is 1. The molecular formula is C23H24F3N3O3. The van der Waals surface area contributed by atoms with Gasteiger partial charge in [0.15, 0.2) is 0 Å². The van der Waals surface area contributed by atoms with E-state index in [1.165, 1.54) is 12.1 Å². The predicted octanol–water partition coefficient (Wildman–Crippen LogP) is 3.46. The van der Waals surface area contributed by atoms with E-state index in [0.717, 1.165) is 12.1 Å². The van der Waals surface area contributed by atoms with Crippen LogP contribution in [0.1, 0.15) is 17.5 Å². The molecule has 1 saturated heterocycles. The van der Waals surface area contributed by atoms with Crippen molar-refractivity contribution >= 4 is 23.6 Å². The van der Waals surface area contributed by atoms with Gasteiger partial charge in [-0.25, -0.2) is 4.79 Å². The molecule has 2 aromatic carbocycles. The first kappa shape index (κ1) is 23.3. The zero-order valence-electron chi connectivity index (χ0n) is 17.3. The molecule has 1 aliphatic heterocycles. The molecule has 9 heteroatoms. The first-order valence-corrected chi connectivity index (χ1v) is 10.2. The van der Waals surface area contributed by atoms with Gasteiger partial charge in [-0.15, -0.1) is 0 Å². The molecular weight excluding hydrogens is 423 g/mol. The normalized spacial score (nSPS) is 15.5. The number of benzene rings is 2. The summed E-state index contributed by atoms with van der Waals surface area (Å²) >= 11 is 0. The quantitative estimate of drug-likeness (QED) is 0.636. The summed E-state index contributed by atoms with van der Waals surface area (Å²) in [7, 11) is 0. The fourth-order valence-corrected chi connectivity index (χ4v) is 3.45. The van der Waals surface area contributed by atoms with Crippen LogP contribution in [-0.4, -0.2) is 54.6 Å². The van der Waals surface area contributed by atoms with Crippen LogP contribution in [0.5, 0.6) is 0 Å². The molecule has 0 bridgehead atoms. The van der Waals surface area contributed by atoms with Crippen molar-refractivity contribution in [2.75, 3.05) is 37.6 Å². The second kappa shape index (κ2) is 10.3. The van der Waals surface area contributed by atoms with E-state index >= 15 is 0 Å². The molecule has 0 unspecified atom stereocenters. The maximum absolute atomic E-state index is 12.9. The highest BCUT2D eigenvalue weighted by Gasteiger charge is 2.31. The lowest BCUT2D eigenvalue weighted by atomic mass is 10.1. The van der Waals surface area contributed by atoms with Gasteiger partial charge in [-0.2, -0.15) is 13.2 Å². The minimum Gasteiger partial charge on any atom is -0.477 e. The molecule has 0 aromatic heterocycles. The van der Waals surface area contributed by atoms with Gasteiger partial charge >= 0.3 is 12.1 Å². The molecule has 0 spiro atoms. The number of anilines is 1. The zero-order valence-corrected chi connectivity index (χ0v) is 17.3. The Hall–Kier alpha value is -3.33. The number of piperazine rings is 1. The smallest absolute Gasteiger partial charge is 0.416 e. The van der Waals surface area contributed by atoms with Crippen LogP contribution in [0.2, 0.25) is 0 Å². The van der Waals surface area contributed by atoms with Gasteiger partial charge in [0.25, 0.3) is 0 Å². The Morgan fingerprint density at radius 2 is 1.69 bits per heavy atom. The van der Waals surface area contributed by atoms with Crippen molar-refractivity contribution in [3.8, 4) is 0 Å². The van der Waals surface area contributed by atoms with Crippen LogP contribution in [0.15, 0.2) is 60.3 Å². The summed E-state index contributed by atoms with van der Waals surface area (Å²) in [6, 6.07) is 14.1. The largest absolute Gasteiger partial charge is 0.477 e. The number of aliphatic carboxylic acids is 1. The number of nitrogens with zero attached hydrogens (tertiary/aromatic N) is 2. The van der Waals surface area contributed by atoms with Crippen molar-refractivity contribution in [1.82, 2.24) is 10.2 Å². The molecule has 0 saturated carbocycles. The number of halogens is 3. The molecule has 1 aliphatic rings. The Morgan fingerprint density at radius 1 is 1.00 bits per heavy atom. The number of carboxylic acid groups (broad SMARTS) is 1. The van der Waals surface area contributed by atoms with Gasteiger partial charge in [0.2, 0.25) is 5.91 Å². The molecule has 0 atom stereocenters.